The number of nitrogens with two attached hydrogens (primary N) is 1. The zero-order valence-electron chi connectivity index (χ0n) is 8.64. The highest BCUT2D eigenvalue weighted by atomic mass is 79.9. The van der Waals surface area contributed by atoms with Crippen molar-refractivity contribution in [3.8, 4) is 0 Å². The van der Waals surface area contributed by atoms with Gasteiger partial charge >= 0.3 is 0 Å². The smallest absolute Gasteiger partial charge is 0.180 e. The van der Waals surface area contributed by atoms with Crippen LogP contribution in [0.2, 0.25) is 0 Å². The lowest BCUT2D eigenvalue weighted by Gasteiger charge is -2.09. The fraction of sp³-hybridized carbons (Fsp3) is 0.182. The largest absolute Gasteiger partial charge is 0.383 e. The lowest BCUT2D eigenvalue weighted by Crippen LogP contribution is -1.97. The first-order valence-corrected chi connectivity index (χ1v) is 6.34. The van der Waals surface area contributed by atoms with Gasteiger partial charge in [0, 0.05) is 10.7 Å². The summed E-state index contributed by atoms with van der Waals surface area (Å²) in [6, 6.07) is 5.76. The van der Waals surface area contributed by atoms with Gasteiger partial charge in [-0.3, -0.25) is 0 Å². The van der Waals surface area contributed by atoms with Crippen LogP contribution in [0.15, 0.2) is 28.9 Å². The van der Waals surface area contributed by atoms with Crippen molar-refractivity contribution in [1.29, 1.82) is 0 Å². The van der Waals surface area contributed by atoms with Crippen LogP contribution in [-0.2, 0) is 0 Å². The Labute approximate surface area is 106 Å². The van der Waals surface area contributed by atoms with Gasteiger partial charge in [0.2, 0.25) is 0 Å². The number of halogens is 1. The Bertz CT molecular complexity index is 512. The maximum atomic E-state index is 10.1. The molecule has 3 N–H and O–H groups in total. The molecule has 0 saturated carbocycles. The summed E-state index contributed by atoms with van der Waals surface area (Å²) in [5.74, 6) is 0. The third-order valence-corrected chi connectivity index (χ3v) is 4.08. The Hall–Kier alpha value is -0.910. The molecule has 1 aromatic carbocycles. The monoisotopic (exact) mass is 298 g/mol. The van der Waals surface area contributed by atoms with Crippen molar-refractivity contribution in [2.75, 3.05) is 5.73 Å². The second-order valence-corrected chi connectivity index (χ2v) is 5.46. The van der Waals surface area contributed by atoms with Gasteiger partial charge in [-0.05, 0) is 24.1 Å². The molecular formula is C11H11BrN2OS. The number of hydrogen-bond donors (Lipinski definition) is 2. The van der Waals surface area contributed by atoms with Gasteiger partial charge in [-0.15, -0.1) is 0 Å². The van der Waals surface area contributed by atoms with Crippen LogP contribution >= 0.6 is 27.3 Å². The molecule has 0 aliphatic carbocycles. The maximum absolute atomic E-state index is 10.1. The molecule has 2 rings (SSSR count). The van der Waals surface area contributed by atoms with Gasteiger partial charge in [-0.2, -0.15) is 0 Å². The molecule has 0 saturated heterocycles. The van der Waals surface area contributed by atoms with E-state index in [1.165, 1.54) is 11.3 Å². The van der Waals surface area contributed by atoms with Crippen LogP contribution in [0.4, 0.5) is 5.13 Å². The van der Waals surface area contributed by atoms with E-state index in [0.29, 0.717) is 5.13 Å². The molecule has 0 aliphatic rings. The third-order valence-electron chi connectivity index (χ3n) is 2.31. The lowest BCUT2D eigenvalue weighted by molar-refractivity contribution is 0.224. The molecule has 0 aliphatic heterocycles. The van der Waals surface area contributed by atoms with Crippen molar-refractivity contribution in [3.63, 3.8) is 0 Å². The summed E-state index contributed by atoms with van der Waals surface area (Å²) in [5.41, 5.74) is 7.48. The van der Waals surface area contributed by atoms with Crippen LogP contribution in [0, 0.1) is 6.92 Å². The van der Waals surface area contributed by atoms with E-state index in [2.05, 4.69) is 20.9 Å². The number of rotatable bonds is 2. The molecule has 16 heavy (non-hydrogen) atoms. The minimum absolute atomic E-state index is 0.475. The molecule has 1 unspecified atom stereocenters. The Kier molecular flexibility index (Phi) is 3.28. The predicted octanol–water partition coefficient (Wildman–Crippen LogP) is 2.88. The Balaban J connectivity index is 2.33. The third kappa shape index (κ3) is 2.26. The number of benzene rings is 1. The topological polar surface area (TPSA) is 59.1 Å². The molecule has 5 heteroatoms. The summed E-state index contributed by atoms with van der Waals surface area (Å²) < 4.78 is 1.03. The van der Waals surface area contributed by atoms with Crippen LogP contribution < -0.4 is 5.73 Å². The van der Waals surface area contributed by atoms with Crippen molar-refractivity contribution in [1.82, 2.24) is 4.98 Å². The molecular weight excluding hydrogens is 288 g/mol. The summed E-state index contributed by atoms with van der Waals surface area (Å²) in [4.78, 5) is 4.69. The number of nitrogens with zero attached hydrogens (tertiary/aromatic N) is 1. The fourth-order valence-corrected chi connectivity index (χ4v) is 2.38. The van der Waals surface area contributed by atoms with Gasteiger partial charge < -0.3 is 10.8 Å². The maximum Gasteiger partial charge on any atom is 0.180 e. The molecule has 0 radical (unpaired) electrons. The molecule has 1 heterocycles. The average molecular weight is 299 g/mol. The van der Waals surface area contributed by atoms with Gasteiger partial charge in [0.1, 0.15) is 6.10 Å². The zero-order valence-corrected chi connectivity index (χ0v) is 11.0. The van der Waals surface area contributed by atoms with Crippen molar-refractivity contribution in [2.24, 2.45) is 0 Å². The van der Waals surface area contributed by atoms with Gasteiger partial charge in [0.15, 0.2) is 5.13 Å². The van der Waals surface area contributed by atoms with Crippen molar-refractivity contribution < 1.29 is 5.11 Å². The van der Waals surface area contributed by atoms with E-state index in [1.807, 2.05) is 25.1 Å². The van der Waals surface area contributed by atoms with Crippen LogP contribution in [0.25, 0.3) is 0 Å². The van der Waals surface area contributed by atoms with E-state index in [-0.39, 0.29) is 0 Å². The number of nitrogen functional groups attached to an aromatic ring is 1. The lowest BCUT2D eigenvalue weighted by atomic mass is 10.1. The van der Waals surface area contributed by atoms with Crippen molar-refractivity contribution >= 4 is 32.4 Å². The van der Waals surface area contributed by atoms with Crippen molar-refractivity contribution in [2.45, 2.75) is 13.0 Å². The van der Waals surface area contributed by atoms with E-state index in [9.17, 15) is 5.11 Å². The minimum Gasteiger partial charge on any atom is -0.383 e. The second-order valence-electron chi connectivity index (χ2n) is 3.51. The first-order valence-electron chi connectivity index (χ1n) is 4.73. The number of aliphatic hydroxyl groups is 1. The summed E-state index contributed by atoms with van der Waals surface area (Å²) in [5, 5.41) is 10.6. The predicted molar refractivity (Wildman–Crippen MR) is 69.5 cm³/mol. The molecule has 2 aromatic rings. The number of thiazole rings is 1. The molecule has 3 nitrogen and oxygen atoms in total. The first-order chi connectivity index (χ1) is 7.58. The Morgan fingerprint density at radius 1 is 1.50 bits per heavy atom. The Morgan fingerprint density at radius 3 is 2.81 bits per heavy atom. The fourth-order valence-electron chi connectivity index (χ4n) is 1.43. The number of aromatic nitrogens is 1. The van der Waals surface area contributed by atoms with Crippen molar-refractivity contribution in [3.05, 3.63) is 44.9 Å². The normalized spacial score (nSPS) is 12.7. The summed E-state index contributed by atoms with van der Waals surface area (Å²) >= 11 is 4.73. The molecule has 0 spiro atoms. The molecule has 0 bridgehead atoms. The van der Waals surface area contributed by atoms with E-state index >= 15 is 0 Å². The minimum atomic E-state index is -0.651. The van der Waals surface area contributed by atoms with Crippen LogP contribution in [-0.4, -0.2) is 10.1 Å². The summed E-state index contributed by atoms with van der Waals surface area (Å²) in [7, 11) is 0. The first kappa shape index (κ1) is 11.6. The second kappa shape index (κ2) is 4.53. The summed E-state index contributed by atoms with van der Waals surface area (Å²) in [6.45, 7) is 1.99. The Morgan fingerprint density at radius 2 is 2.25 bits per heavy atom. The number of anilines is 1. The van der Waals surface area contributed by atoms with Gasteiger partial charge in [0.05, 0.1) is 4.88 Å². The van der Waals surface area contributed by atoms with E-state index < -0.39 is 6.10 Å². The van der Waals surface area contributed by atoms with Gasteiger partial charge in [0.25, 0.3) is 0 Å². The molecule has 84 valence electrons. The van der Waals surface area contributed by atoms with Crippen LogP contribution in [0.5, 0.6) is 0 Å². The van der Waals surface area contributed by atoms with Crippen LogP contribution in [0.1, 0.15) is 22.1 Å². The quantitative estimate of drug-likeness (QED) is 0.896. The molecule has 1 aromatic heterocycles. The van der Waals surface area contributed by atoms with Crippen LogP contribution in [0.3, 0.4) is 0 Å². The van der Waals surface area contributed by atoms with E-state index in [1.54, 1.807) is 6.20 Å². The highest BCUT2D eigenvalue weighted by Crippen LogP contribution is 2.29. The standard InChI is InChI=1S/C11H11BrN2OS/c1-6-4-7(2-3-8(6)12)10(15)9-5-14-11(13)16-9/h2-5,10,15H,1H3,(H2,13,14). The number of aryl methyl sites for hydroxylation is 1. The molecule has 0 amide bonds. The summed E-state index contributed by atoms with van der Waals surface area (Å²) in [6.07, 6.45) is 0.962. The SMILES string of the molecule is Cc1cc(C(O)c2cnc(N)s2)ccc1Br. The number of aliphatic hydroxyl groups excluding tert-OH is 1. The highest BCUT2D eigenvalue weighted by molar-refractivity contribution is 9.10. The zero-order chi connectivity index (χ0) is 11.7. The number of hydrogen-bond acceptors (Lipinski definition) is 4. The highest BCUT2D eigenvalue weighted by Gasteiger charge is 2.13. The van der Waals surface area contributed by atoms with Gasteiger partial charge in [-0.1, -0.05) is 39.4 Å². The average Bonchev–Trinajstić information content (AvgIpc) is 2.68. The van der Waals surface area contributed by atoms with E-state index in [4.69, 9.17) is 5.73 Å². The van der Waals surface area contributed by atoms with E-state index in [0.717, 1.165) is 20.5 Å². The van der Waals surface area contributed by atoms with Gasteiger partial charge in [-0.25, -0.2) is 4.98 Å². The molecule has 0 fully saturated rings. The molecule has 1 atom stereocenters.